The largest absolute Gasteiger partial charge is 0.487 e. The van der Waals surface area contributed by atoms with Gasteiger partial charge in [0.2, 0.25) is 0 Å². The maximum atomic E-state index is 10.6. The fourth-order valence-corrected chi connectivity index (χ4v) is 1.24. The average molecular weight is 216 g/mol. The molecule has 0 amide bonds. The van der Waals surface area contributed by atoms with E-state index in [9.17, 15) is 10.1 Å². The normalized spacial score (nSPS) is 9.86. The molecule has 1 rings (SSSR count). The minimum atomic E-state index is -0.534. The van der Waals surface area contributed by atoms with Crippen molar-refractivity contribution in [3.05, 3.63) is 33.3 Å². The molecule has 0 aromatic heterocycles. The monoisotopic (exact) mass is 215 g/mol. The van der Waals surface area contributed by atoms with Crippen molar-refractivity contribution < 1.29 is 9.66 Å². The van der Waals surface area contributed by atoms with E-state index in [4.69, 9.17) is 16.3 Å². The Morgan fingerprint density at radius 2 is 2.29 bits per heavy atom. The number of hydrogen-bond donors (Lipinski definition) is 0. The topological polar surface area (TPSA) is 52.4 Å². The molecule has 76 valence electrons. The molecule has 0 atom stereocenters. The van der Waals surface area contributed by atoms with Crippen LogP contribution >= 0.6 is 11.6 Å². The van der Waals surface area contributed by atoms with Crippen LogP contribution in [0.15, 0.2) is 18.2 Å². The minimum absolute atomic E-state index is 0.101. The molecule has 1 aromatic carbocycles. The van der Waals surface area contributed by atoms with Gasteiger partial charge in [0.25, 0.3) is 0 Å². The summed E-state index contributed by atoms with van der Waals surface area (Å²) in [6.07, 6.45) is 0.795. The van der Waals surface area contributed by atoms with Gasteiger partial charge in [-0.25, -0.2) is 0 Å². The van der Waals surface area contributed by atoms with Gasteiger partial charge in [0.05, 0.1) is 11.5 Å². The highest BCUT2D eigenvalue weighted by Crippen LogP contribution is 2.34. The maximum Gasteiger partial charge on any atom is 0.329 e. The zero-order valence-corrected chi connectivity index (χ0v) is 8.45. The molecule has 0 N–H and O–H groups in total. The summed E-state index contributed by atoms with van der Waals surface area (Å²) >= 11 is 5.68. The van der Waals surface area contributed by atoms with Crippen molar-refractivity contribution in [3.8, 4) is 5.75 Å². The van der Waals surface area contributed by atoms with Crippen molar-refractivity contribution in [1.29, 1.82) is 0 Å². The van der Waals surface area contributed by atoms with Crippen LogP contribution in [-0.2, 0) is 0 Å². The fourth-order valence-electron chi connectivity index (χ4n) is 1.00. The van der Waals surface area contributed by atoms with Gasteiger partial charge in [-0.05, 0) is 18.6 Å². The summed E-state index contributed by atoms with van der Waals surface area (Å²) < 4.78 is 5.20. The Labute approximate surface area is 86.6 Å². The van der Waals surface area contributed by atoms with Crippen LogP contribution in [0.25, 0.3) is 0 Å². The number of nitro groups is 1. The quantitative estimate of drug-likeness (QED) is 0.573. The van der Waals surface area contributed by atoms with Crippen molar-refractivity contribution in [3.63, 3.8) is 0 Å². The molecule has 4 nitrogen and oxygen atoms in total. The van der Waals surface area contributed by atoms with Gasteiger partial charge in [-0.1, -0.05) is 24.6 Å². The Bertz CT molecular complexity index is 341. The molecule has 0 saturated carbocycles. The van der Waals surface area contributed by atoms with Gasteiger partial charge in [-0.2, -0.15) is 0 Å². The second-order valence-electron chi connectivity index (χ2n) is 2.69. The van der Waals surface area contributed by atoms with Crippen molar-refractivity contribution in [1.82, 2.24) is 0 Å². The van der Waals surface area contributed by atoms with E-state index in [0.29, 0.717) is 6.61 Å². The van der Waals surface area contributed by atoms with Crippen molar-refractivity contribution in [2.75, 3.05) is 6.61 Å². The predicted molar refractivity (Wildman–Crippen MR) is 53.9 cm³/mol. The molecular formula is C9H10ClNO3. The molecule has 14 heavy (non-hydrogen) atoms. The van der Waals surface area contributed by atoms with Crippen LogP contribution in [0, 0.1) is 10.1 Å². The van der Waals surface area contributed by atoms with E-state index in [1.807, 2.05) is 6.92 Å². The van der Waals surface area contributed by atoms with Crippen LogP contribution in [0.1, 0.15) is 13.3 Å². The highest BCUT2D eigenvalue weighted by atomic mass is 35.5. The van der Waals surface area contributed by atoms with E-state index in [1.54, 1.807) is 12.1 Å². The molecule has 0 fully saturated rings. The highest BCUT2D eigenvalue weighted by molar-refractivity contribution is 6.32. The first-order valence-electron chi connectivity index (χ1n) is 4.22. The molecular weight excluding hydrogens is 206 g/mol. The fraction of sp³-hybridized carbons (Fsp3) is 0.333. The van der Waals surface area contributed by atoms with Crippen LogP contribution in [0.3, 0.4) is 0 Å². The summed E-state index contributed by atoms with van der Waals surface area (Å²) in [4.78, 5) is 10.1. The number of nitro benzene ring substituents is 1. The summed E-state index contributed by atoms with van der Waals surface area (Å²) in [5.74, 6) is 0.226. The van der Waals surface area contributed by atoms with Crippen LogP contribution in [0.4, 0.5) is 5.69 Å². The summed E-state index contributed by atoms with van der Waals surface area (Å²) in [6.45, 7) is 2.37. The zero-order valence-electron chi connectivity index (χ0n) is 7.70. The highest BCUT2D eigenvalue weighted by Gasteiger charge is 2.19. The molecule has 0 heterocycles. The van der Waals surface area contributed by atoms with Crippen LogP contribution in [0.5, 0.6) is 5.75 Å². The Morgan fingerprint density at radius 1 is 1.57 bits per heavy atom. The Hall–Kier alpha value is -1.29. The zero-order chi connectivity index (χ0) is 10.6. The van der Waals surface area contributed by atoms with E-state index in [1.165, 1.54) is 6.07 Å². The number of halogens is 1. The van der Waals surface area contributed by atoms with E-state index in [0.717, 1.165) is 6.42 Å². The number of nitrogens with zero attached hydrogens (tertiary/aromatic N) is 1. The van der Waals surface area contributed by atoms with Crippen molar-refractivity contribution in [2.45, 2.75) is 13.3 Å². The molecule has 5 heteroatoms. The summed E-state index contributed by atoms with van der Waals surface area (Å²) in [7, 11) is 0. The number of ether oxygens (including phenoxy) is 1. The Kier molecular flexibility index (Phi) is 3.71. The smallest absolute Gasteiger partial charge is 0.329 e. The average Bonchev–Trinajstić information content (AvgIpc) is 2.14. The minimum Gasteiger partial charge on any atom is -0.487 e. The molecule has 0 aliphatic carbocycles. The molecule has 0 spiro atoms. The summed E-state index contributed by atoms with van der Waals surface area (Å²) in [5.41, 5.74) is -0.164. The van der Waals surface area contributed by atoms with E-state index < -0.39 is 4.92 Å². The van der Waals surface area contributed by atoms with Gasteiger partial charge in [-0.3, -0.25) is 10.1 Å². The van der Waals surface area contributed by atoms with Gasteiger partial charge < -0.3 is 4.74 Å². The predicted octanol–water partition coefficient (Wildman–Crippen LogP) is 3.04. The van der Waals surface area contributed by atoms with Crippen LogP contribution < -0.4 is 4.74 Å². The van der Waals surface area contributed by atoms with E-state index >= 15 is 0 Å². The molecule has 0 radical (unpaired) electrons. The number of benzene rings is 1. The summed E-state index contributed by atoms with van der Waals surface area (Å²) in [6, 6.07) is 4.64. The molecule has 1 aromatic rings. The number of rotatable bonds is 4. The lowest BCUT2D eigenvalue weighted by atomic mass is 10.3. The molecule has 0 unspecified atom stereocenters. The van der Waals surface area contributed by atoms with E-state index in [-0.39, 0.29) is 16.5 Å². The lowest BCUT2D eigenvalue weighted by Gasteiger charge is -2.05. The second-order valence-corrected chi connectivity index (χ2v) is 3.10. The van der Waals surface area contributed by atoms with E-state index in [2.05, 4.69) is 0 Å². The number of para-hydroxylation sites is 1. The third-order valence-electron chi connectivity index (χ3n) is 1.59. The molecule has 0 aliphatic rings. The SMILES string of the molecule is CCCOc1cccc(Cl)c1[N+](=O)[O-]. The van der Waals surface area contributed by atoms with Gasteiger partial charge in [0.1, 0.15) is 5.02 Å². The van der Waals surface area contributed by atoms with Crippen LogP contribution in [0.2, 0.25) is 5.02 Å². The Morgan fingerprint density at radius 3 is 2.86 bits per heavy atom. The van der Waals surface area contributed by atoms with Crippen molar-refractivity contribution >= 4 is 17.3 Å². The lowest BCUT2D eigenvalue weighted by molar-refractivity contribution is -0.385. The summed E-state index contributed by atoms with van der Waals surface area (Å²) in [5, 5.41) is 10.7. The standard InChI is InChI=1S/C9H10ClNO3/c1-2-6-14-8-5-3-4-7(10)9(8)11(12)13/h3-5H,2,6H2,1H3. The number of hydrogen-bond acceptors (Lipinski definition) is 3. The molecule has 0 saturated heterocycles. The van der Waals surface area contributed by atoms with Crippen molar-refractivity contribution in [2.24, 2.45) is 0 Å². The maximum absolute atomic E-state index is 10.6. The third kappa shape index (κ3) is 2.35. The second kappa shape index (κ2) is 4.81. The molecule has 0 bridgehead atoms. The first-order valence-corrected chi connectivity index (χ1v) is 4.60. The first-order chi connectivity index (χ1) is 6.66. The van der Waals surface area contributed by atoms with Gasteiger partial charge in [-0.15, -0.1) is 0 Å². The lowest BCUT2D eigenvalue weighted by Crippen LogP contribution is -1.99. The first kappa shape index (κ1) is 10.8. The van der Waals surface area contributed by atoms with Gasteiger partial charge in [0, 0.05) is 0 Å². The molecule has 0 aliphatic heterocycles. The third-order valence-corrected chi connectivity index (χ3v) is 1.90. The van der Waals surface area contributed by atoms with Gasteiger partial charge >= 0.3 is 5.69 Å². The van der Waals surface area contributed by atoms with Gasteiger partial charge in [0.15, 0.2) is 5.75 Å². The Balaban J connectivity index is 3.02. The van der Waals surface area contributed by atoms with Crippen LogP contribution in [-0.4, -0.2) is 11.5 Å².